The fourth-order valence-corrected chi connectivity index (χ4v) is 3.65. The van der Waals surface area contributed by atoms with Crippen LogP contribution in [-0.4, -0.2) is 118 Å². The molecule has 1 aliphatic rings. The van der Waals surface area contributed by atoms with E-state index in [-0.39, 0.29) is 59.1 Å². The quantitative estimate of drug-likeness (QED) is 0.180. The molecule has 6 N–H and O–H groups in total. The third kappa shape index (κ3) is 7.87. The molecule has 0 saturated carbocycles. The summed E-state index contributed by atoms with van der Waals surface area (Å²) in [4.78, 5) is 50.7. The standard InChI is InChI=1S/C9H14N2O12P2.2Na.2H/c12-5-1-2-11(9(15)10-5)8-7(14)6(13)4(22-8)3-21-25(19,20)23-24(16,17)18;;;;/h1-2,4,6-8,13-14H,3H2,(H,19,20)(H,10,12,15)(H2,16,17,18);;;;/t4-,6-,7-,8-;;;;/m1..../s1. The zero-order chi connectivity index (χ0) is 19.0. The number of H-pyrrole nitrogens is 1. The first-order valence-corrected chi connectivity index (χ1v) is 9.49. The fraction of sp³-hybridized carbons (Fsp3) is 0.556. The van der Waals surface area contributed by atoms with E-state index in [1.807, 2.05) is 4.98 Å². The fourth-order valence-electron chi connectivity index (χ4n) is 2.05. The van der Waals surface area contributed by atoms with Crippen LogP contribution in [0.3, 0.4) is 0 Å². The minimum absolute atomic E-state index is 0. The number of nitrogens with zero attached hydrogens (tertiary/aromatic N) is 1. The molecule has 1 aliphatic heterocycles. The molecule has 1 aromatic rings. The number of aliphatic hydroxyl groups is 2. The maximum absolute atomic E-state index is 11.7. The summed E-state index contributed by atoms with van der Waals surface area (Å²) in [5.74, 6) is 0. The van der Waals surface area contributed by atoms with Crippen molar-refractivity contribution in [1.29, 1.82) is 0 Å². The Hall–Kier alpha value is 0.820. The number of hydrogen-bond donors (Lipinski definition) is 6. The number of aromatic amines is 1. The normalized spacial score (nSPS) is 27.3. The van der Waals surface area contributed by atoms with Crippen molar-refractivity contribution in [3.05, 3.63) is 33.1 Å². The third-order valence-electron chi connectivity index (χ3n) is 3.07. The van der Waals surface area contributed by atoms with E-state index in [0.717, 1.165) is 16.8 Å². The van der Waals surface area contributed by atoms with Crippen LogP contribution in [0.4, 0.5) is 0 Å². The molecule has 2 heterocycles. The second-order valence-electron chi connectivity index (χ2n) is 4.90. The summed E-state index contributed by atoms with van der Waals surface area (Å²) < 4.78 is 35.6. The van der Waals surface area contributed by atoms with Gasteiger partial charge in [-0.2, -0.15) is 4.31 Å². The van der Waals surface area contributed by atoms with Gasteiger partial charge in [0.2, 0.25) is 0 Å². The molecule has 1 fully saturated rings. The number of ether oxygens (including phenoxy) is 1. The molecule has 146 valence electrons. The van der Waals surface area contributed by atoms with Gasteiger partial charge in [0.1, 0.15) is 18.3 Å². The molecule has 0 amide bonds. The topological polar surface area (TPSA) is 218 Å². The van der Waals surface area contributed by atoms with Crippen molar-refractivity contribution in [3.8, 4) is 0 Å². The molecular formula is C9H16N2Na2O12P2. The molecule has 0 spiro atoms. The van der Waals surface area contributed by atoms with E-state index in [9.17, 15) is 28.9 Å². The van der Waals surface area contributed by atoms with Gasteiger partial charge in [-0.1, -0.05) is 0 Å². The molecule has 0 aromatic carbocycles. The molecule has 2 rings (SSSR count). The molecule has 1 saturated heterocycles. The van der Waals surface area contributed by atoms with Crippen LogP contribution in [0.15, 0.2) is 21.9 Å². The Morgan fingerprint density at radius 3 is 2.26 bits per heavy atom. The molecule has 0 radical (unpaired) electrons. The van der Waals surface area contributed by atoms with Crippen molar-refractivity contribution in [2.75, 3.05) is 6.61 Å². The number of aromatic nitrogens is 2. The Balaban J connectivity index is 0.00000338. The third-order valence-corrected chi connectivity index (χ3v) is 5.23. The van der Waals surface area contributed by atoms with Crippen molar-refractivity contribution >= 4 is 74.8 Å². The average molecular weight is 452 g/mol. The van der Waals surface area contributed by atoms with Crippen molar-refractivity contribution in [2.24, 2.45) is 0 Å². The Labute approximate surface area is 194 Å². The van der Waals surface area contributed by atoms with E-state index in [2.05, 4.69) is 8.83 Å². The van der Waals surface area contributed by atoms with Crippen LogP contribution >= 0.6 is 15.6 Å². The van der Waals surface area contributed by atoms with Crippen LogP contribution in [-0.2, 0) is 22.7 Å². The van der Waals surface area contributed by atoms with Gasteiger partial charge in [-0.25, -0.2) is 13.9 Å². The van der Waals surface area contributed by atoms with E-state index in [1.54, 1.807) is 0 Å². The Morgan fingerprint density at radius 2 is 1.74 bits per heavy atom. The van der Waals surface area contributed by atoms with Crippen molar-refractivity contribution < 1.29 is 47.6 Å². The molecule has 0 bridgehead atoms. The summed E-state index contributed by atoms with van der Waals surface area (Å²) in [6.45, 7) is -0.902. The van der Waals surface area contributed by atoms with Crippen molar-refractivity contribution in [1.82, 2.24) is 9.55 Å². The van der Waals surface area contributed by atoms with Gasteiger partial charge in [-0.15, -0.1) is 0 Å². The summed E-state index contributed by atoms with van der Waals surface area (Å²) in [5.41, 5.74) is -1.65. The molecule has 5 atom stereocenters. The SMILES string of the molecule is O=c1ccn([C@@H]2O[C@H](COP(=O)(O)OP(=O)(O)O)[C@@H](O)[C@H]2O)c(=O)[nH]1.[NaH].[NaH]. The molecule has 27 heavy (non-hydrogen) atoms. The predicted molar refractivity (Wildman–Crippen MR) is 90.5 cm³/mol. The Bertz CT molecular complexity index is 839. The zero-order valence-electron chi connectivity index (χ0n) is 12.1. The summed E-state index contributed by atoms with van der Waals surface area (Å²) in [5, 5.41) is 19.8. The van der Waals surface area contributed by atoms with Crippen LogP contribution in [0.2, 0.25) is 0 Å². The molecule has 1 unspecified atom stereocenters. The second kappa shape index (κ2) is 10.7. The van der Waals surface area contributed by atoms with E-state index in [0.29, 0.717) is 0 Å². The summed E-state index contributed by atoms with van der Waals surface area (Å²) in [6.07, 6.45) is -5.25. The van der Waals surface area contributed by atoms with Gasteiger partial charge < -0.3 is 29.6 Å². The Kier molecular flexibility index (Phi) is 11.1. The van der Waals surface area contributed by atoms with E-state index in [1.165, 1.54) is 0 Å². The van der Waals surface area contributed by atoms with E-state index < -0.39 is 58.0 Å². The Morgan fingerprint density at radius 1 is 1.15 bits per heavy atom. The van der Waals surface area contributed by atoms with Gasteiger partial charge in [0.25, 0.3) is 5.56 Å². The molecular weight excluding hydrogens is 436 g/mol. The number of phosphoric ester groups is 1. The maximum atomic E-state index is 11.7. The second-order valence-corrected chi connectivity index (χ2v) is 7.73. The van der Waals surface area contributed by atoms with E-state index in [4.69, 9.17) is 19.4 Å². The summed E-state index contributed by atoms with van der Waals surface area (Å²) >= 11 is 0. The van der Waals surface area contributed by atoms with Gasteiger partial charge in [0.15, 0.2) is 6.23 Å². The monoisotopic (exact) mass is 452 g/mol. The van der Waals surface area contributed by atoms with Crippen molar-refractivity contribution in [3.63, 3.8) is 0 Å². The summed E-state index contributed by atoms with van der Waals surface area (Å²) in [7, 11) is -10.5. The predicted octanol–water partition coefficient (Wildman–Crippen LogP) is -3.91. The van der Waals surface area contributed by atoms with Crippen molar-refractivity contribution in [2.45, 2.75) is 24.5 Å². The van der Waals surface area contributed by atoms with E-state index >= 15 is 0 Å². The number of rotatable bonds is 6. The van der Waals surface area contributed by atoms with Crippen LogP contribution in [0.1, 0.15) is 6.23 Å². The molecule has 18 heteroatoms. The molecule has 14 nitrogen and oxygen atoms in total. The number of phosphoric acid groups is 2. The summed E-state index contributed by atoms with van der Waals surface area (Å²) in [6, 6.07) is 0.962. The van der Waals surface area contributed by atoms with Gasteiger partial charge in [-0.3, -0.25) is 18.9 Å². The van der Waals surface area contributed by atoms with Gasteiger partial charge >= 0.3 is 80.4 Å². The molecule has 1 aromatic heterocycles. The van der Waals surface area contributed by atoms with Crippen LogP contribution in [0, 0.1) is 0 Å². The van der Waals surface area contributed by atoms with Crippen LogP contribution in [0.5, 0.6) is 0 Å². The molecule has 0 aliphatic carbocycles. The van der Waals surface area contributed by atoms with Gasteiger partial charge in [0, 0.05) is 12.3 Å². The number of hydrogen-bond acceptors (Lipinski definition) is 9. The van der Waals surface area contributed by atoms with Crippen LogP contribution < -0.4 is 11.2 Å². The number of aliphatic hydroxyl groups excluding tert-OH is 2. The number of nitrogens with one attached hydrogen (secondary N) is 1. The van der Waals surface area contributed by atoms with Gasteiger partial charge in [0.05, 0.1) is 6.61 Å². The van der Waals surface area contributed by atoms with Gasteiger partial charge in [-0.05, 0) is 0 Å². The first-order valence-electron chi connectivity index (χ1n) is 6.47. The van der Waals surface area contributed by atoms with Crippen LogP contribution in [0.25, 0.3) is 0 Å². The average Bonchev–Trinajstić information content (AvgIpc) is 2.71. The first-order chi connectivity index (χ1) is 11.4. The first kappa shape index (κ1) is 27.8. The zero-order valence-corrected chi connectivity index (χ0v) is 13.9. The minimum atomic E-state index is -5.32.